The fourth-order valence-electron chi connectivity index (χ4n) is 2.36. The van der Waals surface area contributed by atoms with Gasteiger partial charge in [0.2, 0.25) is 0 Å². The zero-order chi connectivity index (χ0) is 14.0. The third-order valence-corrected chi connectivity index (χ3v) is 3.89. The molecule has 1 heterocycles. The van der Waals surface area contributed by atoms with E-state index in [0.29, 0.717) is 16.6 Å². The van der Waals surface area contributed by atoms with Gasteiger partial charge in [-0.25, -0.2) is 0 Å². The molecule has 2 rings (SSSR count). The van der Waals surface area contributed by atoms with E-state index in [2.05, 4.69) is 29.1 Å². The average Bonchev–Trinajstić information content (AvgIpc) is 2.87. The van der Waals surface area contributed by atoms with Crippen LogP contribution in [0.2, 0.25) is 5.02 Å². The minimum Gasteiger partial charge on any atom is -0.409 e. The van der Waals surface area contributed by atoms with Gasteiger partial charge in [0, 0.05) is 24.7 Å². The highest BCUT2D eigenvalue weighted by Crippen LogP contribution is 2.30. The summed E-state index contributed by atoms with van der Waals surface area (Å²) in [5.74, 6) is 0.0704. The van der Waals surface area contributed by atoms with E-state index in [1.807, 2.05) is 12.1 Å². The van der Waals surface area contributed by atoms with Crippen LogP contribution in [0.4, 0.5) is 5.69 Å². The number of oxime groups is 1. The van der Waals surface area contributed by atoms with Gasteiger partial charge in [-0.2, -0.15) is 0 Å². The van der Waals surface area contributed by atoms with E-state index in [-0.39, 0.29) is 5.84 Å². The van der Waals surface area contributed by atoms with Crippen LogP contribution in [0, 0.1) is 0 Å². The quantitative estimate of drug-likeness (QED) is 0.382. The van der Waals surface area contributed by atoms with E-state index in [0.717, 1.165) is 25.2 Å². The van der Waals surface area contributed by atoms with Gasteiger partial charge >= 0.3 is 0 Å². The van der Waals surface area contributed by atoms with Crippen molar-refractivity contribution >= 4 is 23.1 Å². The van der Waals surface area contributed by atoms with Crippen LogP contribution in [0.25, 0.3) is 0 Å². The van der Waals surface area contributed by atoms with Crippen LogP contribution in [-0.2, 0) is 0 Å². The number of anilines is 1. The van der Waals surface area contributed by atoms with Gasteiger partial charge in [0.25, 0.3) is 0 Å². The number of nitrogens with zero attached hydrogens (tertiary/aromatic N) is 3. The summed E-state index contributed by atoms with van der Waals surface area (Å²) in [7, 11) is 4.19. The molecule has 1 aliphatic heterocycles. The minimum atomic E-state index is 0.0704. The zero-order valence-corrected chi connectivity index (χ0v) is 11.9. The molecule has 1 aromatic carbocycles. The van der Waals surface area contributed by atoms with Crippen molar-refractivity contribution in [3.05, 3.63) is 28.8 Å². The van der Waals surface area contributed by atoms with Crippen LogP contribution >= 0.6 is 11.6 Å². The lowest BCUT2D eigenvalue weighted by Gasteiger charge is -2.22. The molecule has 1 aliphatic rings. The van der Waals surface area contributed by atoms with Crippen molar-refractivity contribution in [2.24, 2.45) is 10.9 Å². The second kappa shape index (κ2) is 5.67. The van der Waals surface area contributed by atoms with Crippen molar-refractivity contribution in [1.82, 2.24) is 4.90 Å². The van der Waals surface area contributed by atoms with Crippen molar-refractivity contribution < 1.29 is 5.21 Å². The summed E-state index contributed by atoms with van der Waals surface area (Å²) in [5.41, 5.74) is 7.17. The summed E-state index contributed by atoms with van der Waals surface area (Å²) in [6.45, 7) is 1.96. The predicted molar refractivity (Wildman–Crippen MR) is 78.3 cm³/mol. The summed E-state index contributed by atoms with van der Waals surface area (Å²) in [6, 6.07) is 6.03. The molecule has 0 amide bonds. The Morgan fingerprint density at radius 1 is 1.53 bits per heavy atom. The molecule has 3 N–H and O–H groups in total. The number of hydrogen-bond acceptors (Lipinski definition) is 4. The number of rotatable bonds is 3. The SMILES string of the molecule is CN(C)C1CCN(c2ccc(C(N)=NO)cc2Cl)C1. The van der Waals surface area contributed by atoms with Crippen molar-refractivity contribution in [2.75, 3.05) is 32.1 Å². The molecule has 1 fully saturated rings. The number of nitrogens with two attached hydrogens (primary N) is 1. The van der Waals surface area contributed by atoms with Gasteiger partial charge in [0.15, 0.2) is 5.84 Å². The molecule has 0 radical (unpaired) electrons. The fraction of sp³-hybridized carbons (Fsp3) is 0.462. The van der Waals surface area contributed by atoms with E-state index in [1.165, 1.54) is 0 Å². The third-order valence-electron chi connectivity index (χ3n) is 3.59. The molecular formula is C13H19ClN4O. The Morgan fingerprint density at radius 3 is 2.79 bits per heavy atom. The van der Waals surface area contributed by atoms with E-state index in [9.17, 15) is 0 Å². The highest BCUT2D eigenvalue weighted by atomic mass is 35.5. The lowest BCUT2D eigenvalue weighted by Crippen LogP contribution is -2.31. The molecule has 1 aromatic rings. The van der Waals surface area contributed by atoms with Crippen molar-refractivity contribution in [3.8, 4) is 0 Å². The monoisotopic (exact) mass is 282 g/mol. The number of halogens is 1. The first kappa shape index (κ1) is 14.0. The largest absolute Gasteiger partial charge is 0.409 e. The molecule has 1 atom stereocenters. The van der Waals surface area contributed by atoms with Gasteiger partial charge in [-0.15, -0.1) is 0 Å². The summed E-state index contributed by atoms with van der Waals surface area (Å²) in [6.07, 6.45) is 1.13. The van der Waals surface area contributed by atoms with Crippen LogP contribution in [0.3, 0.4) is 0 Å². The van der Waals surface area contributed by atoms with Crippen LogP contribution in [0.5, 0.6) is 0 Å². The van der Waals surface area contributed by atoms with Crippen LogP contribution in [0.1, 0.15) is 12.0 Å². The Bertz CT molecular complexity index is 490. The fourth-order valence-corrected chi connectivity index (χ4v) is 2.66. The molecule has 5 nitrogen and oxygen atoms in total. The first-order valence-electron chi connectivity index (χ1n) is 6.21. The Hall–Kier alpha value is -1.46. The normalized spacial score (nSPS) is 20.3. The molecule has 104 valence electrons. The standard InChI is InChI=1S/C13H19ClN4O/c1-17(2)10-5-6-18(8-10)12-4-3-9(7-11(12)14)13(15)16-19/h3-4,7,10,19H,5-6,8H2,1-2H3,(H2,15,16). The van der Waals surface area contributed by atoms with Gasteiger partial charge in [0.05, 0.1) is 10.7 Å². The van der Waals surface area contributed by atoms with Gasteiger partial charge in [-0.1, -0.05) is 16.8 Å². The molecular weight excluding hydrogens is 264 g/mol. The number of benzene rings is 1. The lowest BCUT2D eigenvalue weighted by molar-refractivity contribution is 0.315. The zero-order valence-electron chi connectivity index (χ0n) is 11.2. The number of amidine groups is 1. The van der Waals surface area contributed by atoms with Gasteiger partial charge in [-0.05, 0) is 38.7 Å². The molecule has 1 saturated heterocycles. The Kier molecular flexibility index (Phi) is 4.17. The van der Waals surface area contributed by atoms with Gasteiger partial charge in [-0.3, -0.25) is 0 Å². The average molecular weight is 283 g/mol. The van der Waals surface area contributed by atoms with Crippen LogP contribution < -0.4 is 10.6 Å². The van der Waals surface area contributed by atoms with E-state index >= 15 is 0 Å². The Balaban J connectivity index is 2.18. The van der Waals surface area contributed by atoms with E-state index in [4.69, 9.17) is 22.5 Å². The molecule has 6 heteroatoms. The molecule has 0 aliphatic carbocycles. The number of likely N-dealkylation sites (N-methyl/N-ethyl adjacent to an activating group) is 1. The second-order valence-corrected chi connectivity index (χ2v) is 5.41. The molecule has 0 spiro atoms. The Morgan fingerprint density at radius 2 is 2.26 bits per heavy atom. The van der Waals surface area contributed by atoms with Crippen molar-refractivity contribution in [2.45, 2.75) is 12.5 Å². The topological polar surface area (TPSA) is 65.1 Å². The molecule has 0 bridgehead atoms. The minimum absolute atomic E-state index is 0.0704. The maximum atomic E-state index is 8.66. The van der Waals surface area contributed by atoms with E-state index < -0.39 is 0 Å². The smallest absolute Gasteiger partial charge is 0.170 e. The summed E-state index contributed by atoms with van der Waals surface area (Å²) in [5, 5.41) is 12.3. The highest BCUT2D eigenvalue weighted by molar-refractivity contribution is 6.33. The molecule has 19 heavy (non-hydrogen) atoms. The molecule has 1 unspecified atom stereocenters. The Labute approximate surface area is 118 Å². The maximum Gasteiger partial charge on any atom is 0.170 e. The van der Waals surface area contributed by atoms with Crippen LogP contribution in [-0.4, -0.2) is 49.2 Å². The number of hydrogen-bond donors (Lipinski definition) is 2. The van der Waals surface area contributed by atoms with Crippen LogP contribution in [0.15, 0.2) is 23.4 Å². The summed E-state index contributed by atoms with van der Waals surface area (Å²) >= 11 is 6.29. The lowest BCUT2D eigenvalue weighted by atomic mass is 10.2. The van der Waals surface area contributed by atoms with E-state index in [1.54, 1.807) is 6.07 Å². The first-order chi connectivity index (χ1) is 9.02. The second-order valence-electron chi connectivity index (χ2n) is 5.00. The predicted octanol–water partition coefficient (Wildman–Crippen LogP) is 1.57. The summed E-state index contributed by atoms with van der Waals surface area (Å²) < 4.78 is 0. The third kappa shape index (κ3) is 2.93. The van der Waals surface area contributed by atoms with Crippen molar-refractivity contribution in [3.63, 3.8) is 0 Å². The molecule has 0 aromatic heterocycles. The first-order valence-corrected chi connectivity index (χ1v) is 6.59. The summed E-state index contributed by atoms with van der Waals surface area (Å²) in [4.78, 5) is 4.50. The maximum absolute atomic E-state index is 8.66. The van der Waals surface area contributed by atoms with Gasteiger partial charge in [0.1, 0.15) is 0 Å². The molecule has 0 saturated carbocycles. The highest BCUT2D eigenvalue weighted by Gasteiger charge is 2.25. The van der Waals surface area contributed by atoms with Gasteiger partial charge < -0.3 is 20.7 Å². The van der Waals surface area contributed by atoms with Crippen molar-refractivity contribution in [1.29, 1.82) is 0 Å².